The van der Waals surface area contributed by atoms with Crippen molar-refractivity contribution in [1.82, 2.24) is 20.2 Å². The first kappa shape index (κ1) is 27.1. The molecule has 0 aliphatic rings. The molecule has 0 spiro atoms. The standard InChI is InChI=1S/C36H26BrN5/c37-25-27-21-23-29(24-22-27)34(28-13-5-1-6-14-28)33(26-38)35-39-40-41-42(35)36(30-15-7-2-8-16-30,31-17-9-3-10-18-31)32-19-11-4-12-20-32/h1-24H,25H2. The summed E-state index contributed by atoms with van der Waals surface area (Å²) in [6.07, 6.45) is 0. The molecule has 0 aliphatic carbocycles. The van der Waals surface area contributed by atoms with Gasteiger partial charge in [-0.15, -0.1) is 5.10 Å². The Morgan fingerprint density at radius 2 is 1.10 bits per heavy atom. The van der Waals surface area contributed by atoms with Crippen molar-refractivity contribution in [3.63, 3.8) is 0 Å². The molecular weight excluding hydrogens is 582 g/mol. The number of alkyl halides is 1. The Bertz CT molecular complexity index is 1740. The lowest BCUT2D eigenvalue weighted by Gasteiger charge is -2.36. The molecule has 1 heterocycles. The van der Waals surface area contributed by atoms with E-state index in [1.807, 2.05) is 97.1 Å². The Morgan fingerprint density at radius 3 is 1.55 bits per heavy atom. The van der Waals surface area contributed by atoms with Gasteiger partial charge in [0.2, 0.25) is 0 Å². The highest BCUT2D eigenvalue weighted by molar-refractivity contribution is 9.08. The molecule has 6 rings (SSSR count). The van der Waals surface area contributed by atoms with Crippen molar-refractivity contribution in [3.05, 3.63) is 185 Å². The highest BCUT2D eigenvalue weighted by Crippen LogP contribution is 2.42. The largest absolute Gasteiger partial charge is 0.205 e. The summed E-state index contributed by atoms with van der Waals surface area (Å²) in [6.45, 7) is 0. The number of hydrogen-bond donors (Lipinski definition) is 0. The lowest BCUT2D eigenvalue weighted by atomic mass is 9.76. The second-order valence-electron chi connectivity index (χ2n) is 9.78. The predicted molar refractivity (Wildman–Crippen MR) is 169 cm³/mol. The van der Waals surface area contributed by atoms with Crippen LogP contribution in [0.5, 0.6) is 0 Å². The van der Waals surface area contributed by atoms with Gasteiger partial charge in [-0.25, -0.2) is 4.68 Å². The Balaban J connectivity index is 1.72. The summed E-state index contributed by atoms with van der Waals surface area (Å²) in [4.78, 5) is 0. The van der Waals surface area contributed by atoms with Crippen LogP contribution in [0.4, 0.5) is 0 Å². The Morgan fingerprint density at radius 1 is 0.643 bits per heavy atom. The summed E-state index contributed by atoms with van der Waals surface area (Å²) in [6, 6.07) is 51.2. The predicted octanol–water partition coefficient (Wildman–Crippen LogP) is 7.89. The molecule has 0 aliphatic heterocycles. The van der Waals surface area contributed by atoms with Gasteiger partial charge in [0.05, 0.1) is 0 Å². The van der Waals surface area contributed by atoms with E-state index >= 15 is 0 Å². The van der Waals surface area contributed by atoms with Crippen LogP contribution in [0.3, 0.4) is 0 Å². The Kier molecular flexibility index (Phi) is 7.85. The van der Waals surface area contributed by atoms with Crippen LogP contribution in [0.2, 0.25) is 0 Å². The maximum Gasteiger partial charge on any atom is 0.194 e. The van der Waals surface area contributed by atoms with Gasteiger partial charge in [-0.3, -0.25) is 0 Å². The molecule has 0 unspecified atom stereocenters. The van der Waals surface area contributed by atoms with E-state index in [4.69, 9.17) is 0 Å². The highest BCUT2D eigenvalue weighted by Gasteiger charge is 2.42. The lowest BCUT2D eigenvalue weighted by Crippen LogP contribution is -2.40. The molecule has 0 amide bonds. The molecule has 0 atom stereocenters. The molecule has 5 aromatic carbocycles. The molecule has 42 heavy (non-hydrogen) atoms. The molecule has 202 valence electrons. The second-order valence-corrected chi connectivity index (χ2v) is 10.3. The van der Waals surface area contributed by atoms with E-state index in [2.05, 4.69) is 86.1 Å². The van der Waals surface area contributed by atoms with Crippen molar-refractivity contribution in [2.75, 3.05) is 0 Å². The summed E-state index contributed by atoms with van der Waals surface area (Å²) in [5.74, 6) is 0.373. The zero-order valence-corrected chi connectivity index (χ0v) is 24.3. The van der Waals surface area contributed by atoms with Gasteiger partial charge in [-0.2, -0.15) is 5.26 Å². The van der Waals surface area contributed by atoms with Gasteiger partial charge in [0.25, 0.3) is 0 Å². The number of benzene rings is 5. The zero-order chi connectivity index (χ0) is 28.8. The fraction of sp³-hybridized carbons (Fsp3) is 0.0556. The zero-order valence-electron chi connectivity index (χ0n) is 22.7. The maximum absolute atomic E-state index is 10.9. The van der Waals surface area contributed by atoms with Crippen molar-refractivity contribution < 1.29 is 0 Å². The third kappa shape index (κ3) is 4.85. The summed E-state index contributed by atoms with van der Waals surface area (Å²) in [7, 11) is 0. The van der Waals surface area contributed by atoms with E-state index in [-0.39, 0.29) is 0 Å². The van der Waals surface area contributed by atoms with Crippen LogP contribution < -0.4 is 0 Å². The number of allylic oxidation sites excluding steroid dienone is 1. The average molecular weight is 609 g/mol. The summed E-state index contributed by atoms with van der Waals surface area (Å²) in [5.41, 5.74) is 6.03. The topological polar surface area (TPSA) is 67.4 Å². The van der Waals surface area contributed by atoms with Crippen molar-refractivity contribution >= 4 is 27.1 Å². The van der Waals surface area contributed by atoms with Crippen LogP contribution in [0, 0.1) is 11.3 Å². The van der Waals surface area contributed by atoms with Crippen LogP contribution >= 0.6 is 15.9 Å². The molecule has 6 heteroatoms. The lowest BCUT2D eigenvalue weighted by molar-refractivity contribution is 0.443. The van der Waals surface area contributed by atoms with Crippen molar-refractivity contribution in [1.29, 1.82) is 5.26 Å². The Labute approximate surface area is 253 Å². The number of tetrazole rings is 1. The number of nitriles is 1. The minimum atomic E-state index is -0.966. The van der Waals surface area contributed by atoms with E-state index in [1.165, 1.54) is 0 Å². The fourth-order valence-corrected chi connectivity index (χ4v) is 5.89. The first-order valence-electron chi connectivity index (χ1n) is 13.6. The van der Waals surface area contributed by atoms with Crippen LogP contribution in [0.15, 0.2) is 146 Å². The van der Waals surface area contributed by atoms with E-state index in [9.17, 15) is 5.26 Å². The van der Waals surface area contributed by atoms with Gasteiger partial charge in [0, 0.05) is 10.9 Å². The fourth-order valence-electron chi connectivity index (χ4n) is 5.51. The van der Waals surface area contributed by atoms with Crippen LogP contribution in [-0.2, 0) is 10.9 Å². The van der Waals surface area contributed by atoms with Gasteiger partial charge in [-0.1, -0.05) is 162 Å². The second kappa shape index (κ2) is 12.2. The number of hydrogen-bond acceptors (Lipinski definition) is 4. The quantitative estimate of drug-likeness (QED) is 0.100. The maximum atomic E-state index is 10.9. The molecule has 6 aromatic rings. The summed E-state index contributed by atoms with van der Waals surface area (Å²) < 4.78 is 1.81. The molecule has 0 N–H and O–H groups in total. The molecule has 0 saturated heterocycles. The van der Waals surface area contributed by atoms with Crippen LogP contribution in [0.1, 0.15) is 39.2 Å². The third-order valence-corrected chi connectivity index (χ3v) is 8.05. The van der Waals surface area contributed by atoms with Gasteiger partial charge >= 0.3 is 0 Å². The van der Waals surface area contributed by atoms with E-state index in [1.54, 1.807) is 4.68 Å². The average Bonchev–Trinajstić information content (AvgIpc) is 3.56. The number of aromatic nitrogens is 4. The van der Waals surface area contributed by atoms with Gasteiger partial charge in [0.1, 0.15) is 17.2 Å². The van der Waals surface area contributed by atoms with Crippen molar-refractivity contribution in [2.45, 2.75) is 10.9 Å². The SMILES string of the molecule is N#CC(=C(c1ccccc1)c1ccc(CBr)cc1)c1nnnn1C(c1ccccc1)(c1ccccc1)c1ccccc1. The third-order valence-electron chi connectivity index (χ3n) is 7.41. The van der Waals surface area contributed by atoms with Gasteiger partial charge in [0.15, 0.2) is 5.82 Å². The summed E-state index contributed by atoms with van der Waals surface area (Å²) >= 11 is 3.54. The minimum Gasteiger partial charge on any atom is -0.205 e. The normalized spacial score (nSPS) is 11.9. The number of halogens is 1. The highest BCUT2D eigenvalue weighted by atomic mass is 79.9. The first-order valence-corrected chi connectivity index (χ1v) is 14.7. The smallest absolute Gasteiger partial charge is 0.194 e. The molecule has 0 bridgehead atoms. The molecule has 0 radical (unpaired) electrons. The minimum absolute atomic E-state index is 0.373. The Hall–Kier alpha value is -5.12. The van der Waals surface area contributed by atoms with E-state index in [0.29, 0.717) is 11.4 Å². The first-order chi connectivity index (χ1) is 20.8. The van der Waals surface area contributed by atoms with Crippen LogP contribution in [-0.4, -0.2) is 20.2 Å². The molecule has 0 fully saturated rings. The van der Waals surface area contributed by atoms with Crippen molar-refractivity contribution in [3.8, 4) is 6.07 Å². The van der Waals surface area contributed by atoms with E-state index in [0.717, 1.165) is 44.3 Å². The number of rotatable bonds is 8. The number of nitrogens with zero attached hydrogens (tertiary/aromatic N) is 5. The monoisotopic (exact) mass is 607 g/mol. The molecule has 0 saturated carbocycles. The molecule has 5 nitrogen and oxygen atoms in total. The molecule has 1 aromatic heterocycles. The summed E-state index contributed by atoms with van der Waals surface area (Å²) in [5, 5.41) is 25.0. The van der Waals surface area contributed by atoms with Gasteiger partial charge < -0.3 is 0 Å². The van der Waals surface area contributed by atoms with Crippen molar-refractivity contribution in [2.24, 2.45) is 0 Å². The molecular formula is C36H26BrN5. The van der Waals surface area contributed by atoms with E-state index < -0.39 is 5.54 Å². The van der Waals surface area contributed by atoms with Crippen LogP contribution in [0.25, 0.3) is 11.1 Å². The van der Waals surface area contributed by atoms with Gasteiger partial charge in [-0.05, 0) is 43.8 Å².